The van der Waals surface area contributed by atoms with Crippen LogP contribution >= 0.6 is 0 Å². The molecule has 106 valence electrons. The van der Waals surface area contributed by atoms with E-state index in [1.165, 1.54) is 30.5 Å². The van der Waals surface area contributed by atoms with Gasteiger partial charge in [0.2, 0.25) is 0 Å². The Kier molecular flexibility index (Phi) is 4.04. The maximum absolute atomic E-state index is 12.2. The van der Waals surface area contributed by atoms with E-state index in [0.717, 1.165) is 19.2 Å². The van der Waals surface area contributed by atoms with Crippen molar-refractivity contribution in [2.45, 2.75) is 24.8 Å². The van der Waals surface area contributed by atoms with Gasteiger partial charge in [0.25, 0.3) is 0 Å². The van der Waals surface area contributed by atoms with Crippen LogP contribution < -0.4 is 0 Å². The molecule has 1 heterocycles. The average molecular weight is 292 g/mol. The molecule has 2 rings (SSSR count). The van der Waals surface area contributed by atoms with Gasteiger partial charge in [-0.25, -0.2) is 8.42 Å². The van der Waals surface area contributed by atoms with Crippen LogP contribution in [-0.4, -0.2) is 30.2 Å². The lowest BCUT2D eigenvalue weighted by atomic mass is 10.1. The van der Waals surface area contributed by atoms with Crippen molar-refractivity contribution in [2.75, 3.05) is 6.26 Å². The first kappa shape index (κ1) is 14.5. The summed E-state index contributed by atoms with van der Waals surface area (Å²) in [7, 11) is -3.24. The lowest BCUT2D eigenvalue weighted by molar-refractivity contribution is 0.103. The summed E-state index contributed by atoms with van der Waals surface area (Å²) in [6.45, 7) is 2.80. The van der Waals surface area contributed by atoms with Crippen molar-refractivity contribution in [3.05, 3.63) is 47.8 Å². The molecule has 0 aliphatic carbocycles. The minimum atomic E-state index is -3.24. The van der Waals surface area contributed by atoms with Gasteiger partial charge in [0.1, 0.15) is 0 Å². The fourth-order valence-electron chi connectivity index (χ4n) is 1.85. The van der Waals surface area contributed by atoms with E-state index in [0.29, 0.717) is 11.1 Å². The van der Waals surface area contributed by atoms with Crippen LogP contribution in [0.15, 0.2) is 41.6 Å². The smallest absolute Gasteiger partial charge is 0.196 e. The molecular formula is C14H16N2O3S. The summed E-state index contributed by atoms with van der Waals surface area (Å²) in [5.41, 5.74) is 0.957. The van der Waals surface area contributed by atoms with Crippen molar-refractivity contribution < 1.29 is 13.2 Å². The Morgan fingerprint density at radius 1 is 1.20 bits per heavy atom. The molecule has 0 radical (unpaired) electrons. The van der Waals surface area contributed by atoms with Crippen molar-refractivity contribution >= 4 is 15.6 Å². The van der Waals surface area contributed by atoms with Gasteiger partial charge in [-0.3, -0.25) is 9.48 Å². The molecule has 20 heavy (non-hydrogen) atoms. The van der Waals surface area contributed by atoms with Gasteiger partial charge in [0, 0.05) is 24.6 Å². The predicted molar refractivity (Wildman–Crippen MR) is 75.5 cm³/mol. The van der Waals surface area contributed by atoms with Gasteiger partial charge >= 0.3 is 0 Å². The summed E-state index contributed by atoms with van der Waals surface area (Å²) in [6, 6.07) is 5.93. The Morgan fingerprint density at radius 3 is 2.40 bits per heavy atom. The summed E-state index contributed by atoms with van der Waals surface area (Å²) < 4.78 is 24.4. The van der Waals surface area contributed by atoms with Crippen molar-refractivity contribution in [1.82, 2.24) is 9.78 Å². The lowest BCUT2D eigenvalue weighted by Crippen LogP contribution is -2.02. The van der Waals surface area contributed by atoms with Gasteiger partial charge in [-0.1, -0.05) is 6.92 Å². The van der Waals surface area contributed by atoms with Crippen LogP contribution in [0.1, 0.15) is 29.3 Å². The molecule has 0 fully saturated rings. The average Bonchev–Trinajstić information content (AvgIpc) is 2.86. The summed E-state index contributed by atoms with van der Waals surface area (Å²) in [4.78, 5) is 12.4. The molecule has 5 nitrogen and oxygen atoms in total. The number of aryl methyl sites for hydroxylation is 1. The third kappa shape index (κ3) is 3.14. The Balaban J connectivity index is 2.24. The molecule has 1 aromatic heterocycles. The number of ketones is 1. The van der Waals surface area contributed by atoms with Gasteiger partial charge in [0.15, 0.2) is 15.6 Å². The Labute approximate surface area is 118 Å². The quantitative estimate of drug-likeness (QED) is 0.790. The van der Waals surface area contributed by atoms with E-state index in [-0.39, 0.29) is 10.7 Å². The fraction of sp³-hybridized carbons (Fsp3) is 0.286. The molecule has 0 bridgehead atoms. The molecule has 0 aliphatic heterocycles. The van der Waals surface area contributed by atoms with E-state index in [1.807, 2.05) is 6.92 Å². The van der Waals surface area contributed by atoms with E-state index in [4.69, 9.17) is 0 Å². The predicted octanol–water partition coefficient (Wildman–Crippen LogP) is 1.93. The zero-order valence-electron chi connectivity index (χ0n) is 11.4. The molecule has 0 aliphatic rings. The van der Waals surface area contributed by atoms with Crippen LogP contribution in [0.25, 0.3) is 0 Å². The van der Waals surface area contributed by atoms with Crippen molar-refractivity contribution in [3.63, 3.8) is 0 Å². The first-order valence-corrected chi connectivity index (χ1v) is 8.18. The minimum Gasteiger partial charge on any atom is -0.288 e. The molecule has 2 aromatic rings. The molecular weight excluding hydrogens is 276 g/mol. The van der Waals surface area contributed by atoms with Crippen LogP contribution in [0, 0.1) is 0 Å². The van der Waals surface area contributed by atoms with E-state index in [9.17, 15) is 13.2 Å². The summed E-state index contributed by atoms with van der Waals surface area (Å²) >= 11 is 0. The van der Waals surface area contributed by atoms with E-state index >= 15 is 0 Å². The first-order valence-electron chi connectivity index (χ1n) is 6.29. The number of sulfone groups is 1. The zero-order chi connectivity index (χ0) is 14.8. The number of aromatic nitrogens is 2. The van der Waals surface area contributed by atoms with Gasteiger partial charge in [-0.15, -0.1) is 0 Å². The van der Waals surface area contributed by atoms with Gasteiger partial charge in [0.05, 0.1) is 16.7 Å². The highest BCUT2D eigenvalue weighted by atomic mass is 32.2. The number of carbonyl (C=O) groups excluding carboxylic acids is 1. The fourth-order valence-corrected chi connectivity index (χ4v) is 2.48. The van der Waals surface area contributed by atoms with Crippen LogP contribution in [0.4, 0.5) is 0 Å². The molecule has 0 amide bonds. The molecule has 1 aromatic carbocycles. The Hall–Kier alpha value is -1.95. The third-order valence-corrected chi connectivity index (χ3v) is 4.02. The number of nitrogens with zero attached hydrogens (tertiary/aromatic N) is 2. The summed E-state index contributed by atoms with van der Waals surface area (Å²) in [5.74, 6) is -0.160. The highest BCUT2D eigenvalue weighted by Gasteiger charge is 2.13. The van der Waals surface area contributed by atoms with Crippen LogP contribution in [0.5, 0.6) is 0 Å². The number of hydrogen-bond acceptors (Lipinski definition) is 4. The van der Waals surface area contributed by atoms with Crippen LogP contribution in [0.2, 0.25) is 0 Å². The Morgan fingerprint density at radius 2 is 1.85 bits per heavy atom. The molecule has 0 N–H and O–H groups in total. The number of carbonyl (C=O) groups is 1. The lowest BCUT2D eigenvalue weighted by Gasteiger charge is -2.01. The normalized spacial score (nSPS) is 11.5. The second-order valence-corrected chi connectivity index (χ2v) is 6.63. The van der Waals surface area contributed by atoms with Crippen molar-refractivity contribution in [3.8, 4) is 0 Å². The molecule has 6 heteroatoms. The summed E-state index contributed by atoms with van der Waals surface area (Å²) in [5, 5.41) is 4.11. The molecule has 0 saturated carbocycles. The van der Waals surface area contributed by atoms with Crippen molar-refractivity contribution in [2.24, 2.45) is 0 Å². The molecule has 0 spiro atoms. The van der Waals surface area contributed by atoms with E-state index in [1.54, 1.807) is 10.9 Å². The molecule has 0 saturated heterocycles. The highest BCUT2D eigenvalue weighted by Crippen LogP contribution is 2.14. The topological polar surface area (TPSA) is 69.0 Å². The van der Waals surface area contributed by atoms with E-state index in [2.05, 4.69) is 5.10 Å². The number of hydrogen-bond donors (Lipinski definition) is 0. The minimum absolute atomic E-state index is 0.160. The first-order chi connectivity index (χ1) is 9.41. The van der Waals surface area contributed by atoms with Gasteiger partial charge < -0.3 is 0 Å². The second kappa shape index (κ2) is 5.58. The van der Waals surface area contributed by atoms with E-state index < -0.39 is 9.84 Å². The maximum atomic E-state index is 12.2. The largest absolute Gasteiger partial charge is 0.288 e. The molecule has 0 unspecified atom stereocenters. The van der Waals surface area contributed by atoms with Crippen LogP contribution in [-0.2, 0) is 16.4 Å². The van der Waals surface area contributed by atoms with Gasteiger partial charge in [-0.05, 0) is 30.7 Å². The Bertz CT molecular complexity index is 715. The summed E-state index contributed by atoms with van der Waals surface area (Å²) in [6.07, 6.45) is 5.32. The SMILES string of the molecule is CCCn1cc(C(=O)c2ccc(S(C)(=O)=O)cc2)cn1. The number of benzene rings is 1. The van der Waals surface area contributed by atoms with Gasteiger partial charge in [-0.2, -0.15) is 5.10 Å². The standard InChI is InChI=1S/C14H16N2O3S/c1-3-8-16-10-12(9-15-16)14(17)11-4-6-13(7-5-11)20(2,18)19/h4-7,9-10H,3,8H2,1-2H3. The molecule has 0 atom stereocenters. The zero-order valence-corrected chi connectivity index (χ0v) is 12.2. The maximum Gasteiger partial charge on any atom is 0.196 e. The second-order valence-electron chi connectivity index (χ2n) is 4.62. The van der Waals surface area contributed by atoms with Crippen molar-refractivity contribution in [1.29, 1.82) is 0 Å². The van der Waals surface area contributed by atoms with Crippen LogP contribution in [0.3, 0.4) is 0 Å². The highest BCUT2D eigenvalue weighted by molar-refractivity contribution is 7.90. The third-order valence-electron chi connectivity index (χ3n) is 2.89. The number of rotatable bonds is 5. The monoisotopic (exact) mass is 292 g/mol.